The highest BCUT2D eigenvalue weighted by molar-refractivity contribution is 5.48. The highest BCUT2D eigenvalue weighted by Gasteiger charge is 2.13. The number of anilines is 2. The maximum atomic E-state index is 4.41. The van der Waals surface area contributed by atoms with Gasteiger partial charge < -0.3 is 15.5 Å². The van der Waals surface area contributed by atoms with Crippen molar-refractivity contribution in [1.82, 2.24) is 15.3 Å². The van der Waals surface area contributed by atoms with Crippen LogP contribution in [0.3, 0.4) is 0 Å². The van der Waals surface area contributed by atoms with E-state index >= 15 is 0 Å². The van der Waals surface area contributed by atoms with E-state index < -0.39 is 0 Å². The zero-order valence-electron chi connectivity index (χ0n) is 11.5. The largest absolute Gasteiger partial charge is 0.370 e. The molecule has 18 heavy (non-hydrogen) atoms. The normalized spacial score (nSPS) is 18.9. The number of aryl methyl sites for hydroxylation is 1. The van der Waals surface area contributed by atoms with Gasteiger partial charge in [-0.2, -0.15) is 0 Å². The van der Waals surface area contributed by atoms with Crippen molar-refractivity contribution >= 4 is 11.6 Å². The van der Waals surface area contributed by atoms with Gasteiger partial charge in [-0.1, -0.05) is 0 Å². The van der Waals surface area contributed by atoms with E-state index in [2.05, 4.69) is 20.6 Å². The first-order valence-electron chi connectivity index (χ1n) is 6.65. The molecule has 0 saturated carbocycles. The molecule has 1 atom stereocenters. The second-order valence-corrected chi connectivity index (χ2v) is 5.06. The van der Waals surface area contributed by atoms with Crippen LogP contribution >= 0.6 is 0 Å². The predicted octanol–water partition coefficient (Wildman–Crippen LogP) is 1.41. The highest BCUT2D eigenvalue weighted by atomic mass is 15.2. The number of rotatable bonds is 5. The Morgan fingerprint density at radius 3 is 2.94 bits per heavy atom. The monoisotopic (exact) mass is 249 g/mol. The second-order valence-electron chi connectivity index (χ2n) is 5.06. The van der Waals surface area contributed by atoms with Crippen molar-refractivity contribution in [3.63, 3.8) is 0 Å². The molecule has 0 aliphatic carbocycles. The van der Waals surface area contributed by atoms with Gasteiger partial charge in [0, 0.05) is 32.7 Å². The summed E-state index contributed by atoms with van der Waals surface area (Å²) in [5, 5.41) is 6.89. The fourth-order valence-electron chi connectivity index (χ4n) is 2.25. The van der Waals surface area contributed by atoms with Gasteiger partial charge in [0.25, 0.3) is 0 Å². The van der Waals surface area contributed by atoms with Gasteiger partial charge in [-0.05, 0) is 32.7 Å². The van der Waals surface area contributed by atoms with Gasteiger partial charge in [-0.25, -0.2) is 9.97 Å². The maximum Gasteiger partial charge on any atom is 0.133 e. The molecule has 1 aromatic rings. The van der Waals surface area contributed by atoms with Crippen molar-refractivity contribution in [3.8, 4) is 0 Å². The zero-order chi connectivity index (χ0) is 13.0. The van der Waals surface area contributed by atoms with Crippen molar-refractivity contribution in [1.29, 1.82) is 0 Å². The lowest BCUT2D eigenvalue weighted by atomic mass is 10.1. The van der Waals surface area contributed by atoms with Gasteiger partial charge in [-0.15, -0.1) is 0 Å². The fourth-order valence-corrected chi connectivity index (χ4v) is 2.25. The van der Waals surface area contributed by atoms with Gasteiger partial charge in [0.2, 0.25) is 0 Å². The van der Waals surface area contributed by atoms with Gasteiger partial charge in [0.15, 0.2) is 0 Å². The van der Waals surface area contributed by atoms with E-state index in [1.165, 1.54) is 19.4 Å². The molecule has 0 radical (unpaired) electrons. The number of nitrogens with one attached hydrogen (secondary N) is 2. The first kappa shape index (κ1) is 13.1. The minimum atomic E-state index is 0.675. The average molecular weight is 249 g/mol. The molecule has 1 aliphatic heterocycles. The van der Waals surface area contributed by atoms with Gasteiger partial charge >= 0.3 is 0 Å². The van der Waals surface area contributed by atoms with Crippen LogP contribution in [0.5, 0.6) is 0 Å². The van der Waals surface area contributed by atoms with Crippen molar-refractivity contribution < 1.29 is 0 Å². The van der Waals surface area contributed by atoms with Crippen LogP contribution in [0.1, 0.15) is 25.1 Å². The molecule has 1 aromatic heterocycles. The van der Waals surface area contributed by atoms with E-state index in [0.29, 0.717) is 6.04 Å². The van der Waals surface area contributed by atoms with Crippen molar-refractivity contribution in [2.45, 2.75) is 32.2 Å². The van der Waals surface area contributed by atoms with E-state index in [-0.39, 0.29) is 0 Å². The minimum Gasteiger partial charge on any atom is -0.370 e. The third kappa shape index (κ3) is 3.57. The Bertz CT molecular complexity index is 385. The average Bonchev–Trinajstić information content (AvgIpc) is 2.81. The summed E-state index contributed by atoms with van der Waals surface area (Å²) >= 11 is 0. The second kappa shape index (κ2) is 6.00. The van der Waals surface area contributed by atoms with E-state index in [4.69, 9.17) is 0 Å². The van der Waals surface area contributed by atoms with Crippen molar-refractivity contribution in [2.75, 3.05) is 37.4 Å². The number of hydrogen-bond donors (Lipinski definition) is 2. The van der Waals surface area contributed by atoms with Crippen LogP contribution in [0.25, 0.3) is 0 Å². The Hall–Kier alpha value is -1.36. The summed E-state index contributed by atoms with van der Waals surface area (Å²) < 4.78 is 0. The lowest BCUT2D eigenvalue weighted by Gasteiger charge is -2.15. The molecule has 1 aliphatic rings. The third-order valence-electron chi connectivity index (χ3n) is 3.24. The molecule has 1 unspecified atom stereocenters. The summed E-state index contributed by atoms with van der Waals surface area (Å²) in [5.74, 6) is 2.68. The van der Waals surface area contributed by atoms with Crippen LogP contribution in [0.2, 0.25) is 0 Å². The SMILES string of the molecule is Cc1nc(NCCC2CCCN2)cc(N(C)C)n1. The predicted molar refractivity (Wildman–Crippen MR) is 75.2 cm³/mol. The maximum absolute atomic E-state index is 4.41. The molecule has 2 heterocycles. The lowest BCUT2D eigenvalue weighted by Crippen LogP contribution is -2.24. The molecule has 0 spiro atoms. The van der Waals surface area contributed by atoms with E-state index in [1.54, 1.807) is 0 Å². The molecule has 2 N–H and O–H groups in total. The van der Waals surface area contributed by atoms with Gasteiger partial charge in [0.05, 0.1) is 0 Å². The summed E-state index contributed by atoms with van der Waals surface area (Å²) in [6.45, 7) is 4.06. The first-order chi connectivity index (χ1) is 8.65. The molecular weight excluding hydrogens is 226 g/mol. The third-order valence-corrected chi connectivity index (χ3v) is 3.24. The van der Waals surface area contributed by atoms with Crippen molar-refractivity contribution in [2.24, 2.45) is 0 Å². The quantitative estimate of drug-likeness (QED) is 0.826. The topological polar surface area (TPSA) is 53.1 Å². The summed E-state index contributed by atoms with van der Waals surface area (Å²) in [4.78, 5) is 10.8. The van der Waals surface area contributed by atoms with Crippen LogP contribution in [0.15, 0.2) is 6.07 Å². The van der Waals surface area contributed by atoms with E-state index in [9.17, 15) is 0 Å². The van der Waals surface area contributed by atoms with Gasteiger partial charge in [0.1, 0.15) is 17.5 Å². The summed E-state index contributed by atoms with van der Waals surface area (Å²) in [6, 6.07) is 2.67. The van der Waals surface area contributed by atoms with E-state index in [0.717, 1.165) is 30.4 Å². The molecule has 0 amide bonds. The molecule has 0 aromatic carbocycles. The molecule has 1 fully saturated rings. The van der Waals surface area contributed by atoms with Crippen LogP contribution in [0, 0.1) is 6.92 Å². The standard InChI is InChI=1S/C13H23N5/c1-10-16-12(9-13(17-10)18(2)3)15-8-6-11-5-4-7-14-11/h9,11,14H,4-8H2,1-3H3,(H,15,16,17). The lowest BCUT2D eigenvalue weighted by molar-refractivity contribution is 0.574. The Labute approximate surface area is 109 Å². The molecule has 100 valence electrons. The Morgan fingerprint density at radius 1 is 1.44 bits per heavy atom. The number of nitrogens with zero attached hydrogens (tertiary/aromatic N) is 3. The first-order valence-corrected chi connectivity index (χ1v) is 6.65. The Balaban J connectivity index is 1.88. The Kier molecular flexibility index (Phi) is 4.36. The van der Waals surface area contributed by atoms with E-state index in [1.807, 2.05) is 32.0 Å². The van der Waals surface area contributed by atoms with Crippen molar-refractivity contribution in [3.05, 3.63) is 11.9 Å². The van der Waals surface area contributed by atoms with Crippen LogP contribution in [0.4, 0.5) is 11.6 Å². The Morgan fingerprint density at radius 2 is 2.28 bits per heavy atom. The summed E-state index contributed by atoms with van der Waals surface area (Å²) in [5.41, 5.74) is 0. The van der Waals surface area contributed by atoms with Crippen LogP contribution in [-0.2, 0) is 0 Å². The van der Waals surface area contributed by atoms with Gasteiger partial charge in [-0.3, -0.25) is 0 Å². The number of aromatic nitrogens is 2. The molecule has 5 heteroatoms. The van der Waals surface area contributed by atoms with Crippen LogP contribution in [-0.4, -0.2) is 43.2 Å². The fraction of sp³-hybridized carbons (Fsp3) is 0.692. The zero-order valence-corrected chi connectivity index (χ0v) is 11.5. The molecular formula is C13H23N5. The smallest absolute Gasteiger partial charge is 0.133 e. The summed E-state index contributed by atoms with van der Waals surface area (Å²) in [7, 11) is 3.99. The van der Waals surface area contributed by atoms with Crippen LogP contribution < -0.4 is 15.5 Å². The molecule has 5 nitrogen and oxygen atoms in total. The molecule has 1 saturated heterocycles. The molecule has 2 rings (SSSR count). The number of hydrogen-bond acceptors (Lipinski definition) is 5. The highest BCUT2D eigenvalue weighted by Crippen LogP contribution is 2.14. The molecule has 0 bridgehead atoms. The summed E-state index contributed by atoms with van der Waals surface area (Å²) in [6.07, 6.45) is 3.76. The minimum absolute atomic E-state index is 0.675.